The number of anilines is 13. The van der Waals surface area contributed by atoms with Gasteiger partial charge in [0.25, 0.3) is 13.4 Å². The van der Waals surface area contributed by atoms with Gasteiger partial charge < -0.3 is 29.4 Å². The molecular weight excluding hydrogens is 1200 g/mol. The maximum absolute atomic E-state index is 2.96. The third-order valence-electron chi connectivity index (χ3n) is 25.6. The molecule has 8 heteroatoms. The predicted molar refractivity (Wildman–Crippen MR) is 416 cm³/mol. The first-order chi connectivity index (χ1) is 49.0. The number of piperidine rings is 3. The van der Waals surface area contributed by atoms with Gasteiger partial charge in [0.15, 0.2) is 0 Å². The van der Waals surface area contributed by atoms with E-state index in [2.05, 4.69) is 309 Å². The lowest BCUT2D eigenvalue weighted by atomic mass is 9.30. The molecule has 12 aromatic carbocycles. The highest BCUT2D eigenvalue weighted by atomic mass is 15.3. The minimum atomic E-state index is -0.131. The lowest BCUT2D eigenvalue weighted by molar-refractivity contribution is 0.0900. The second-order valence-electron chi connectivity index (χ2n) is 30.8. The summed E-state index contributed by atoms with van der Waals surface area (Å²) in [6.07, 6.45) is 11.9. The molecule has 4 atom stereocenters. The van der Waals surface area contributed by atoms with Crippen molar-refractivity contribution in [2.75, 3.05) is 43.0 Å². The molecule has 4 unspecified atom stereocenters. The molecule has 11 aliphatic rings. The van der Waals surface area contributed by atoms with Gasteiger partial charge in [0.05, 0.1) is 11.4 Å². The number of rotatable bonds is 9. The first-order valence-electron chi connectivity index (χ1n) is 36.9. The van der Waals surface area contributed by atoms with Crippen molar-refractivity contribution in [2.24, 2.45) is 29.6 Å². The lowest BCUT2D eigenvalue weighted by Crippen LogP contribution is -2.65. The van der Waals surface area contributed by atoms with Gasteiger partial charge >= 0.3 is 0 Å². The smallest absolute Gasteiger partial charge is 0.252 e. The van der Waals surface area contributed by atoms with E-state index in [9.17, 15) is 0 Å². The third-order valence-corrected chi connectivity index (χ3v) is 25.6. The first kappa shape index (κ1) is 56.6. The second kappa shape index (κ2) is 21.8. The van der Waals surface area contributed by atoms with E-state index in [1.165, 1.54) is 203 Å². The molecule has 7 bridgehead atoms. The summed E-state index contributed by atoms with van der Waals surface area (Å²) in [6, 6.07) is 107. The molecule has 7 heterocycles. The summed E-state index contributed by atoms with van der Waals surface area (Å²) in [6.45, 7) is 0.924. The summed E-state index contributed by atoms with van der Waals surface area (Å²) in [5, 5.41) is 0. The number of nitrogens with zero attached hydrogens (tertiary/aromatic N) is 6. The Labute approximate surface area is 582 Å². The Morgan fingerprint density at radius 2 is 0.697 bits per heavy atom. The quantitative estimate of drug-likeness (QED) is 0.133. The summed E-state index contributed by atoms with van der Waals surface area (Å²) in [5.41, 5.74) is 34.1. The van der Waals surface area contributed by atoms with E-state index >= 15 is 0 Å². The van der Waals surface area contributed by atoms with Gasteiger partial charge in [-0.05, 0) is 197 Å². The van der Waals surface area contributed by atoms with Crippen LogP contribution in [0.15, 0.2) is 273 Å². The monoisotopic (exact) mass is 1270 g/mol. The number of benzene rings is 12. The van der Waals surface area contributed by atoms with Gasteiger partial charge in [-0.15, -0.1) is 0 Å². The third kappa shape index (κ3) is 8.44. The van der Waals surface area contributed by atoms with Crippen LogP contribution in [0.5, 0.6) is 0 Å². The highest BCUT2D eigenvalue weighted by molar-refractivity contribution is 7.03. The Balaban J connectivity index is 0.865. The van der Waals surface area contributed by atoms with Crippen molar-refractivity contribution in [3.63, 3.8) is 0 Å². The van der Waals surface area contributed by atoms with Crippen molar-refractivity contribution in [2.45, 2.75) is 75.9 Å². The van der Waals surface area contributed by atoms with Crippen molar-refractivity contribution < 1.29 is 0 Å². The van der Waals surface area contributed by atoms with Crippen LogP contribution in [-0.4, -0.2) is 45.1 Å². The van der Waals surface area contributed by atoms with Crippen molar-refractivity contribution in [3.8, 4) is 44.5 Å². The normalized spacial score (nSPS) is 22.6. The zero-order valence-electron chi connectivity index (χ0n) is 56.0. The van der Waals surface area contributed by atoms with E-state index in [0.29, 0.717) is 18.1 Å². The van der Waals surface area contributed by atoms with Gasteiger partial charge in [-0.1, -0.05) is 218 Å². The molecule has 4 aliphatic carbocycles. The minimum Gasteiger partial charge on any atom is -0.368 e. The number of para-hydroxylation sites is 5. The Kier molecular flexibility index (Phi) is 12.4. The van der Waals surface area contributed by atoms with Crippen LogP contribution in [-0.2, 0) is 0 Å². The van der Waals surface area contributed by atoms with Gasteiger partial charge in [0.2, 0.25) is 0 Å². The topological polar surface area (TPSA) is 19.4 Å². The van der Waals surface area contributed by atoms with E-state index in [0.717, 1.165) is 41.8 Å². The highest BCUT2D eigenvalue weighted by Gasteiger charge is 2.53. The van der Waals surface area contributed by atoms with Gasteiger partial charge in [-0.2, -0.15) is 0 Å². The van der Waals surface area contributed by atoms with Crippen LogP contribution >= 0.6 is 0 Å². The standard InChI is InChI=1S/C91H76B2N6/c1-94-80-39-19-17-37-76(80)92-79-54-78-82(55-83(79)99(91-74(62-27-11-4-12-28-62)35-22-36-75(91)63-29-13-5-14-30-63)86-51-68(50-84(94)88(86)92)95-56-65-43-59-42-64(65)49-67(95)44-59)97(66-31-15-6-16-32-66)85-52-71(96-69-45-57-41-58(47-69)48-70(96)46-57)53-87-89(85)93(78)77-38-18-20-40-81(77)98(87)90-72(60-23-7-2-8-24-60)33-21-34-73(90)61-25-9-3-10-26-61/h2-40,50-55,57-59,64-65,67,69-70H,41-49,56H2,1H3. The van der Waals surface area contributed by atoms with E-state index in [4.69, 9.17) is 0 Å². The van der Waals surface area contributed by atoms with Crippen molar-refractivity contribution in [3.05, 3.63) is 273 Å². The van der Waals surface area contributed by atoms with Crippen LogP contribution in [0.2, 0.25) is 0 Å². The second-order valence-corrected chi connectivity index (χ2v) is 30.8. The fourth-order valence-electron chi connectivity index (χ4n) is 22.0. The maximum atomic E-state index is 2.96. The van der Waals surface area contributed by atoms with Crippen molar-refractivity contribution >= 4 is 120 Å². The number of fused-ring (bicyclic) bond motifs is 10. The van der Waals surface area contributed by atoms with Crippen LogP contribution in [0.3, 0.4) is 0 Å². The summed E-state index contributed by atoms with van der Waals surface area (Å²) < 4.78 is 0. The molecule has 7 fully saturated rings. The number of hydrogen-bond donors (Lipinski definition) is 0. The van der Waals surface area contributed by atoms with E-state index < -0.39 is 0 Å². The summed E-state index contributed by atoms with van der Waals surface area (Å²) in [4.78, 5) is 16.7. The summed E-state index contributed by atoms with van der Waals surface area (Å²) in [5.74, 6) is 4.06. The Morgan fingerprint density at radius 3 is 1.25 bits per heavy atom. The van der Waals surface area contributed by atoms with Crippen LogP contribution in [0.1, 0.15) is 57.8 Å². The van der Waals surface area contributed by atoms with Crippen LogP contribution in [0.4, 0.5) is 73.9 Å². The molecule has 99 heavy (non-hydrogen) atoms. The molecular formula is C91H76B2N6. The molecule has 3 saturated heterocycles. The fraction of sp³-hybridized carbons (Fsp3) is 0.209. The zero-order chi connectivity index (χ0) is 64.7. The van der Waals surface area contributed by atoms with Crippen LogP contribution in [0.25, 0.3) is 44.5 Å². The molecule has 7 aliphatic heterocycles. The summed E-state index contributed by atoms with van der Waals surface area (Å²) in [7, 11) is 2.35. The SMILES string of the molecule is CN1c2ccccc2B2c3cc4c(cc3N(c3c(-c5ccccc5)cccc3-c3ccccc3)c3cc(N5CC6CC7CC6CC5C7)cc1c32)N(c1ccccc1)c1cc(N2C3CC5CC(C3)CC2C5)cc2c1B4c1ccccc1N2c1c(-c2ccccc2)cccc1-c1ccccc1. The van der Waals surface area contributed by atoms with E-state index in [-0.39, 0.29) is 13.4 Å². The first-order valence-corrected chi connectivity index (χ1v) is 36.9. The molecule has 23 rings (SSSR count). The zero-order valence-corrected chi connectivity index (χ0v) is 56.0. The Hall–Kier alpha value is -10.4. The average Bonchev–Trinajstić information content (AvgIpc) is 1.01. The molecule has 12 aromatic rings. The molecule has 0 aromatic heterocycles. The average molecular weight is 1280 g/mol. The van der Waals surface area contributed by atoms with E-state index in [1.807, 2.05) is 0 Å². The van der Waals surface area contributed by atoms with Gasteiger partial charge in [-0.25, -0.2) is 0 Å². The largest absolute Gasteiger partial charge is 0.368 e. The molecule has 4 saturated carbocycles. The molecule has 6 nitrogen and oxygen atoms in total. The van der Waals surface area contributed by atoms with Gasteiger partial charge in [-0.3, -0.25) is 0 Å². The van der Waals surface area contributed by atoms with Gasteiger partial charge in [0.1, 0.15) is 0 Å². The Bertz CT molecular complexity index is 5110. The fourth-order valence-corrected chi connectivity index (χ4v) is 22.0. The van der Waals surface area contributed by atoms with Crippen molar-refractivity contribution in [1.29, 1.82) is 0 Å². The van der Waals surface area contributed by atoms with Crippen LogP contribution in [0, 0.1) is 29.6 Å². The molecule has 0 radical (unpaired) electrons. The lowest BCUT2D eigenvalue weighted by Gasteiger charge is -2.58. The Morgan fingerprint density at radius 1 is 0.283 bits per heavy atom. The minimum absolute atomic E-state index is 0.0788. The summed E-state index contributed by atoms with van der Waals surface area (Å²) >= 11 is 0. The van der Waals surface area contributed by atoms with Gasteiger partial charge in [0, 0.05) is 117 Å². The van der Waals surface area contributed by atoms with Crippen molar-refractivity contribution in [1.82, 2.24) is 0 Å². The highest BCUT2D eigenvalue weighted by Crippen LogP contribution is 2.58. The van der Waals surface area contributed by atoms with E-state index in [1.54, 1.807) is 0 Å². The maximum Gasteiger partial charge on any atom is 0.252 e. The molecule has 0 spiro atoms. The molecule has 0 N–H and O–H groups in total. The predicted octanol–water partition coefficient (Wildman–Crippen LogP) is 18.2. The molecule has 476 valence electrons. The molecule has 0 amide bonds. The number of hydrogen-bond acceptors (Lipinski definition) is 6. The van der Waals surface area contributed by atoms with Crippen LogP contribution < -0.4 is 62.2 Å².